The molecular weight excluding hydrogens is 316 g/mol. The van der Waals surface area contributed by atoms with E-state index >= 15 is 0 Å². The van der Waals surface area contributed by atoms with Crippen molar-refractivity contribution in [2.24, 2.45) is 0 Å². The molecule has 1 N–H and O–H groups in total. The van der Waals surface area contributed by atoms with Crippen LogP contribution in [0.4, 0.5) is 0 Å². The van der Waals surface area contributed by atoms with E-state index in [4.69, 9.17) is 5.11 Å². The van der Waals surface area contributed by atoms with Crippen molar-refractivity contribution < 1.29 is 5.11 Å². The van der Waals surface area contributed by atoms with Crippen molar-refractivity contribution in [1.29, 1.82) is 0 Å². The minimum atomic E-state index is 0.140. The van der Waals surface area contributed by atoms with Gasteiger partial charge < -0.3 is 5.11 Å². The zero-order valence-electron chi connectivity index (χ0n) is 15.0. The van der Waals surface area contributed by atoms with Crippen LogP contribution in [0.5, 0.6) is 0 Å². The minimum Gasteiger partial charge on any atom is -0.392 e. The Morgan fingerprint density at radius 2 is 1.35 bits per heavy atom. The fraction of sp³-hybridized carbons (Fsp3) is 0.200. The molecule has 0 unspecified atom stereocenters. The Bertz CT molecular complexity index is 1020. The summed E-state index contributed by atoms with van der Waals surface area (Å²) in [4.78, 5) is 0. The fourth-order valence-electron chi connectivity index (χ4n) is 3.93. The Morgan fingerprint density at radius 3 is 2.15 bits per heavy atom. The fourth-order valence-corrected chi connectivity index (χ4v) is 3.93. The molecule has 0 heterocycles. The molecule has 0 aromatic heterocycles. The van der Waals surface area contributed by atoms with E-state index in [0.717, 1.165) is 5.56 Å². The van der Waals surface area contributed by atoms with Gasteiger partial charge in [0, 0.05) is 0 Å². The second-order valence-electron chi connectivity index (χ2n) is 6.94. The highest BCUT2D eigenvalue weighted by Gasteiger charge is 2.13. The molecule has 0 amide bonds. The van der Waals surface area contributed by atoms with Crippen LogP contribution in [0.3, 0.4) is 0 Å². The largest absolute Gasteiger partial charge is 0.392 e. The Balaban J connectivity index is 0.000000178. The lowest BCUT2D eigenvalue weighted by molar-refractivity contribution is 0.282. The summed E-state index contributed by atoms with van der Waals surface area (Å²) in [6.45, 7) is 0.140. The second-order valence-corrected chi connectivity index (χ2v) is 6.94. The molecule has 1 aliphatic carbocycles. The Labute approximate surface area is 154 Å². The van der Waals surface area contributed by atoms with E-state index in [1.54, 1.807) is 11.1 Å². The van der Waals surface area contributed by atoms with E-state index in [-0.39, 0.29) is 6.61 Å². The van der Waals surface area contributed by atoms with Crippen LogP contribution in [0.1, 0.15) is 29.5 Å². The average molecular weight is 340 g/mol. The quantitative estimate of drug-likeness (QED) is 0.418. The lowest BCUT2D eigenvalue weighted by atomic mass is 9.86. The van der Waals surface area contributed by atoms with Gasteiger partial charge in [-0.2, -0.15) is 0 Å². The van der Waals surface area contributed by atoms with Crippen LogP contribution in [0.15, 0.2) is 78.9 Å². The van der Waals surface area contributed by atoms with Gasteiger partial charge in [-0.3, -0.25) is 0 Å². The minimum absolute atomic E-state index is 0.140. The molecule has 5 rings (SSSR count). The number of aliphatic hydroxyl groups is 1. The lowest BCUT2D eigenvalue weighted by Gasteiger charge is -2.18. The molecule has 0 spiro atoms. The first-order valence-electron chi connectivity index (χ1n) is 9.44. The third-order valence-corrected chi connectivity index (χ3v) is 5.28. The first-order valence-corrected chi connectivity index (χ1v) is 9.44. The molecule has 0 saturated heterocycles. The van der Waals surface area contributed by atoms with E-state index < -0.39 is 0 Å². The van der Waals surface area contributed by atoms with Crippen LogP contribution in [-0.2, 0) is 19.4 Å². The molecule has 4 aromatic rings. The van der Waals surface area contributed by atoms with E-state index in [9.17, 15) is 0 Å². The Kier molecular flexibility index (Phi) is 4.99. The van der Waals surface area contributed by atoms with Crippen LogP contribution in [0, 0.1) is 0 Å². The van der Waals surface area contributed by atoms with Gasteiger partial charge in [0.1, 0.15) is 0 Å². The highest BCUT2D eigenvalue weighted by Crippen LogP contribution is 2.33. The first kappa shape index (κ1) is 16.8. The summed E-state index contributed by atoms with van der Waals surface area (Å²) in [6.07, 6.45) is 5.22. The molecule has 0 aliphatic heterocycles. The summed E-state index contributed by atoms with van der Waals surface area (Å²) in [5, 5.41) is 14.2. The molecule has 1 heteroatoms. The Hall–Kier alpha value is -2.64. The summed E-state index contributed by atoms with van der Waals surface area (Å²) >= 11 is 0. The van der Waals surface area contributed by atoms with Crippen LogP contribution in [0.25, 0.3) is 21.5 Å². The zero-order chi connectivity index (χ0) is 17.8. The van der Waals surface area contributed by atoms with Gasteiger partial charge in [0.25, 0.3) is 0 Å². The van der Waals surface area contributed by atoms with Crippen LogP contribution < -0.4 is 0 Å². The zero-order valence-corrected chi connectivity index (χ0v) is 15.0. The number of aryl methyl sites for hydroxylation is 2. The predicted molar refractivity (Wildman–Crippen MR) is 110 cm³/mol. The van der Waals surface area contributed by atoms with Crippen LogP contribution in [-0.4, -0.2) is 5.11 Å². The number of aliphatic hydroxyl groups excluding tert-OH is 1. The van der Waals surface area contributed by atoms with Crippen molar-refractivity contribution in [2.45, 2.75) is 32.3 Å². The van der Waals surface area contributed by atoms with Crippen LogP contribution >= 0.6 is 0 Å². The van der Waals surface area contributed by atoms with Gasteiger partial charge in [-0.25, -0.2) is 0 Å². The highest BCUT2D eigenvalue weighted by molar-refractivity contribution is 6.08. The van der Waals surface area contributed by atoms with Gasteiger partial charge in [-0.1, -0.05) is 78.9 Å². The summed E-state index contributed by atoms with van der Waals surface area (Å²) < 4.78 is 0. The van der Waals surface area contributed by atoms with Gasteiger partial charge in [0.15, 0.2) is 0 Å². The molecule has 0 radical (unpaired) electrons. The van der Waals surface area contributed by atoms with E-state index in [0.29, 0.717) is 0 Å². The SMILES string of the molecule is OCc1ccccc1.c1ccc2c(c1)ccc1c3c(ccc12)CCCC3. The first-order chi connectivity index (χ1) is 12.9. The van der Waals surface area contributed by atoms with Crippen LogP contribution in [0.2, 0.25) is 0 Å². The molecule has 1 aliphatic rings. The van der Waals surface area contributed by atoms with Crippen molar-refractivity contribution in [3.05, 3.63) is 95.6 Å². The smallest absolute Gasteiger partial charge is 0.0681 e. The van der Waals surface area contributed by atoms with Crippen molar-refractivity contribution in [3.63, 3.8) is 0 Å². The van der Waals surface area contributed by atoms with Crippen molar-refractivity contribution >= 4 is 21.5 Å². The number of benzene rings is 4. The molecule has 4 aromatic carbocycles. The lowest BCUT2D eigenvalue weighted by Crippen LogP contribution is -2.02. The third-order valence-electron chi connectivity index (χ3n) is 5.28. The molecule has 130 valence electrons. The maximum Gasteiger partial charge on any atom is 0.0681 e. The Morgan fingerprint density at radius 1 is 0.615 bits per heavy atom. The monoisotopic (exact) mass is 340 g/mol. The summed E-state index contributed by atoms with van der Waals surface area (Å²) in [7, 11) is 0. The molecule has 0 fully saturated rings. The van der Waals surface area contributed by atoms with E-state index in [2.05, 4.69) is 48.5 Å². The summed E-state index contributed by atoms with van der Waals surface area (Å²) in [5.41, 5.74) is 4.14. The third kappa shape index (κ3) is 3.36. The normalized spacial score (nSPS) is 13.1. The van der Waals surface area contributed by atoms with E-state index in [1.807, 2.05) is 30.3 Å². The summed E-state index contributed by atoms with van der Waals surface area (Å²) in [6, 6.07) is 27.5. The molecule has 1 nitrogen and oxygen atoms in total. The number of rotatable bonds is 1. The van der Waals surface area contributed by atoms with Crippen molar-refractivity contribution in [2.75, 3.05) is 0 Å². The number of fused-ring (bicyclic) bond motifs is 5. The molecular formula is C25H24O. The second kappa shape index (κ2) is 7.72. The van der Waals surface area contributed by atoms with Gasteiger partial charge in [-0.05, 0) is 63.9 Å². The van der Waals surface area contributed by atoms with Crippen molar-refractivity contribution in [3.8, 4) is 0 Å². The molecule has 0 saturated carbocycles. The van der Waals surface area contributed by atoms with Gasteiger partial charge in [-0.15, -0.1) is 0 Å². The molecule has 26 heavy (non-hydrogen) atoms. The number of hydrogen-bond acceptors (Lipinski definition) is 1. The summed E-state index contributed by atoms with van der Waals surface area (Å²) in [5.74, 6) is 0. The van der Waals surface area contributed by atoms with Gasteiger partial charge in [0.05, 0.1) is 6.61 Å². The number of hydrogen-bond donors (Lipinski definition) is 1. The standard InChI is InChI=1S/C18H16.C7H8O/c1-3-7-15-13(5-1)9-11-18-16-8-4-2-6-14(16)10-12-17(15)18;8-6-7-4-2-1-3-5-7/h1,3,5,7,9-12H,2,4,6,8H2;1-5,8H,6H2. The topological polar surface area (TPSA) is 20.2 Å². The average Bonchev–Trinajstić information content (AvgIpc) is 2.74. The van der Waals surface area contributed by atoms with Crippen molar-refractivity contribution in [1.82, 2.24) is 0 Å². The van der Waals surface area contributed by atoms with E-state index in [1.165, 1.54) is 47.2 Å². The predicted octanol–water partition coefficient (Wildman–Crippen LogP) is 6.05. The highest BCUT2D eigenvalue weighted by atomic mass is 16.3. The van der Waals surface area contributed by atoms with Gasteiger partial charge >= 0.3 is 0 Å². The maximum absolute atomic E-state index is 8.54. The van der Waals surface area contributed by atoms with Gasteiger partial charge in [0.2, 0.25) is 0 Å². The molecule has 0 atom stereocenters. The maximum atomic E-state index is 8.54. The molecule has 0 bridgehead atoms.